The first-order valence-corrected chi connectivity index (χ1v) is 20.3. The fourth-order valence-electron chi connectivity index (χ4n) is 7.61. The third kappa shape index (κ3) is 9.39. The van der Waals surface area contributed by atoms with Crippen molar-refractivity contribution in [1.82, 2.24) is 15.2 Å². The molecule has 0 amide bonds. The third-order valence-corrected chi connectivity index (χ3v) is 9.86. The lowest BCUT2D eigenvalue weighted by Crippen LogP contribution is -2.45. The Labute approximate surface area is 322 Å². The van der Waals surface area contributed by atoms with Crippen LogP contribution in [0.25, 0.3) is 38.2 Å². The summed E-state index contributed by atoms with van der Waals surface area (Å²) < 4.78 is 2.54. The van der Waals surface area contributed by atoms with Crippen molar-refractivity contribution in [2.75, 3.05) is 7.05 Å². The van der Waals surface area contributed by atoms with Gasteiger partial charge in [0.1, 0.15) is 0 Å². The minimum Gasteiger partial charge on any atom is -0.327 e. The van der Waals surface area contributed by atoms with Crippen LogP contribution < -0.4 is 10.6 Å². The molecule has 3 aliphatic carbocycles. The van der Waals surface area contributed by atoms with E-state index in [0.29, 0.717) is 6.04 Å². The summed E-state index contributed by atoms with van der Waals surface area (Å²) in [6.07, 6.45) is 16.9. The maximum Gasteiger partial charge on any atom is 0.0737 e. The Morgan fingerprint density at radius 1 is 0.698 bits per heavy atom. The van der Waals surface area contributed by atoms with Gasteiger partial charge >= 0.3 is 0 Å². The van der Waals surface area contributed by atoms with Gasteiger partial charge < -0.3 is 9.88 Å². The molecule has 53 heavy (non-hydrogen) atoms. The lowest BCUT2D eigenvalue weighted by molar-refractivity contribution is 0.422. The minimum absolute atomic E-state index is 0.283. The van der Waals surface area contributed by atoms with Crippen LogP contribution in [0.3, 0.4) is 0 Å². The van der Waals surface area contributed by atoms with Crippen LogP contribution in [0.1, 0.15) is 98.3 Å². The number of nitrogens with one attached hydrogen (secondary N) is 2. The average Bonchev–Trinajstić information content (AvgIpc) is 4.05. The largest absolute Gasteiger partial charge is 0.327 e. The van der Waals surface area contributed by atoms with Gasteiger partial charge in [0.15, 0.2) is 0 Å². The molecule has 5 aromatic rings. The third-order valence-electron chi connectivity index (χ3n) is 9.86. The zero-order valence-electron chi connectivity index (χ0n) is 34.9. The lowest BCUT2D eigenvalue weighted by Gasteiger charge is -2.26. The molecule has 3 aliphatic rings. The summed E-state index contributed by atoms with van der Waals surface area (Å²) in [5, 5.41) is 13.0. The number of hydrogen-bond acceptors (Lipinski definition) is 2. The van der Waals surface area contributed by atoms with Crippen molar-refractivity contribution in [2.45, 2.75) is 114 Å². The van der Waals surface area contributed by atoms with Gasteiger partial charge in [0, 0.05) is 22.9 Å². The van der Waals surface area contributed by atoms with Crippen molar-refractivity contribution in [3.8, 4) is 0 Å². The summed E-state index contributed by atoms with van der Waals surface area (Å²) in [4.78, 5) is 0. The quantitative estimate of drug-likeness (QED) is 0.184. The number of likely N-dealkylation sites (N-methyl/N-ethyl adjacent to an activating group) is 1. The molecule has 282 valence electrons. The first kappa shape index (κ1) is 43.0. The van der Waals surface area contributed by atoms with Gasteiger partial charge in [-0.1, -0.05) is 176 Å². The van der Waals surface area contributed by atoms with Crippen LogP contribution in [0.2, 0.25) is 0 Å². The molecule has 2 unspecified atom stereocenters. The Kier molecular flexibility index (Phi) is 17.8. The van der Waals surface area contributed by atoms with Gasteiger partial charge in [-0.3, -0.25) is 5.32 Å². The van der Waals surface area contributed by atoms with Crippen molar-refractivity contribution >= 4 is 38.2 Å². The maximum absolute atomic E-state index is 4.01. The summed E-state index contributed by atoms with van der Waals surface area (Å²) in [6.45, 7) is 23.5. The Morgan fingerprint density at radius 3 is 1.89 bits per heavy atom. The van der Waals surface area contributed by atoms with Crippen molar-refractivity contribution in [2.24, 2.45) is 0 Å². The highest BCUT2D eigenvalue weighted by Crippen LogP contribution is 2.43. The monoisotopic (exact) mass is 710 g/mol. The molecule has 0 bridgehead atoms. The Hall–Kier alpha value is -4.44. The first-order chi connectivity index (χ1) is 26.1. The number of aryl methyl sites for hydroxylation is 2. The molecule has 8 rings (SSSR count). The Bertz CT molecular complexity index is 2050. The fourth-order valence-corrected chi connectivity index (χ4v) is 7.61. The van der Waals surface area contributed by atoms with E-state index in [9.17, 15) is 0 Å². The number of hydrogen-bond donors (Lipinski definition) is 2. The molecule has 0 saturated heterocycles. The van der Waals surface area contributed by atoms with E-state index in [1.54, 1.807) is 0 Å². The predicted molar refractivity (Wildman–Crippen MR) is 239 cm³/mol. The molecule has 0 radical (unpaired) electrons. The van der Waals surface area contributed by atoms with E-state index in [0.717, 1.165) is 25.9 Å². The highest BCUT2D eigenvalue weighted by Gasteiger charge is 2.31. The zero-order valence-corrected chi connectivity index (χ0v) is 34.9. The van der Waals surface area contributed by atoms with Gasteiger partial charge in [0.2, 0.25) is 0 Å². The molecular weight excluding hydrogens is 643 g/mol. The molecular formula is C50H67N3. The molecule has 0 fully saturated rings. The van der Waals surface area contributed by atoms with E-state index in [-0.39, 0.29) is 6.04 Å². The van der Waals surface area contributed by atoms with Crippen molar-refractivity contribution in [1.29, 1.82) is 0 Å². The molecule has 4 aromatic carbocycles. The van der Waals surface area contributed by atoms with Gasteiger partial charge in [-0.05, 0) is 91.8 Å². The molecule has 2 N–H and O–H groups in total. The topological polar surface area (TPSA) is 29.0 Å². The second-order valence-corrected chi connectivity index (χ2v) is 12.6. The van der Waals surface area contributed by atoms with Crippen LogP contribution in [0, 0.1) is 13.8 Å². The van der Waals surface area contributed by atoms with E-state index in [2.05, 4.69) is 140 Å². The van der Waals surface area contributed by atoms with Crippen LogP contribution in [0.5, 0.6) is 0 Å². The summed E-state index contributed by atoms with van der Waals surface area (Å²) in [6, 6.07) is 28.9. The van der Waals surface area contributed by atoms with Crippen molar-refractivity contribution in [3.05, 3.63) is 149 Å². The van der Waals surface area contributed by atoms with Crippen LogP contribution in [-0.2, 0) is 6.67 Å². The predicted octanol–water partition coefficient (Wildman–Crippen LogP) is 13.8. The van der Waals surface area contributed by atoms with Gasteiger partial charge in [-0.2, -0.15) is 0 Å². The summed E-state index contributed by atoms with van der Waals surface area (Å²) in [5.74, 6) is 0. The van der Waals surface area contributed by atoms with Gasteiger partial charge in [0.05, 0.1) is 17.7 Å². The summed E-state index contributed by atoms with van der Waals surface area (Å²) >= 11 is 0. The van der Waals surface area contributed by atoms with Crippen LogP contribution in [-0.4, -0.2) is 23.7 Å². The smallest absolute Gasteiger partial charge is 0.0737 e. The van der Waals surface area contributed by atoms with E-state index in [4.69, 9.17) is 0 Å². The summed E-state index contributed by atoms with van der Waals surface area (Å²) in [7, 11) is 2.09. The van der Waals surface area contributed by atoms with Gasteiger partial charge in [-0.25, -0.2) is 0 Å². The number of nitrogens with zero attached hydrogens (tertiary/aromatic N) is 1. The van der Waals surface area contributed by atoms with E-state index in [1.807, 2.05) is 73.6 Å². The van der Waals surface area contributed by atoms with Crippen LogP contribution in [0.4, 0.5) is 0 Å². The number of rotatable bonds is 6. The molecule has 3 heteroatoms. The zero-order chi connectivity index (χ0) is 38.9. The molecule has 0 spiro atoms. The normalized spacial score (nSPS) is 16.7. The molecule has 1 heterocycles. The van der Waals surface area contributed by atoms with E-state index >= 15 is 0 Å². The standard InChI is InChI=1S/C35H35N3.C7H8.4C2H6/c1-22-11-10-17-25(22)32-23(2)35-33(28-15-7-6-14-27(28)32)29-16-8-9-18-31(29)38(35)21-37-34-26(19-20-30(34)36-3)24-12-4-5-13-24;1-7-5-3-2-4-6-7;4*1-2/h4-10,12,14-19,30,34,36-37H,11,13,20-21H2,1-3H3;2-6H,1H3;4*1-2H3. The Balaban J connectivity index is 0.000000435. The highest BCUT2D eigenvalue weighted by molar-refractivity contribution is 6.24. The van der Waals surface area contributed by atoms with Crippen LogP contribution >= 0.6 is 0 Å². The molecule has 2 atom stereocenters. The summed E-state index contributed by atoms with van der Waals surface area (Å²) in [5.41, 5.74) is 12.5. The number of benzene rings is 4. The number of allylic oxidation sites excluding steroid dienone is 7. The van der Waals surface area contributed by atoms with Crippen molar-refractivity contribution < 1.29 is 0 Å². The Morgan fingerprint density at radius 2 is 1.32 bits per heavy atom. The van der Waals surface area contributed by atoms with E-state index in [1.165, 1.54) is 71.6 Å². The first-order valence-electron chi connectivity index (χ1n) is 20.3. The van der Waals surface area contributed by atoms with Crippen molar-refractivity contribution in [3.63, 3.8) is 0 Å². The van der Waals surface area contributed by atoms with E-state index < -0.39 is 0 Å². The fraction of sp³-hybridized carbons (Fsp3) is 0.360. The maximum atomic E-state index is 4.01. The number of para-hydroxylation sites is 1. The second kappa shape index (κ2) is 21.9. The molecule has 3 nitrogen and oxygen atoms in total. The molecule has 0 aliphatic heterocycles. The SMILES string of the molecule is CC.CC.CC.CC.CNC1CC=C(C2=CC=CC2)C1NCn1c2ccccc2c2c3ccccc3c(C3=C(C)CC=C3)c(C)c21.Cc1ccccc1. The lowest BCUT2D eigenvalue weighted by atomic mass is 9.89. The average molecular weight is 710 g/mol. The van der Waals surface area contributed by atoms with Gasteiger partial charge in [0.25, 0.3) is 0 Å². The molecule has 1 aromatic heterocycles. The number of aromatic nitrogens is 1. The van der Waals surface area contributed by atoms with Crippen LogP contribution in [0.15, 0.2) is 132 Å². The highest BCUT2D eigenvalue weighted by atomic mass is 15.2. The van der Waals surface area contributed by atoms with Gasteiger partial charge in [-0.15, -0.1) is 0 Å². The second-order valence-electron chi connectivity index (χ2n) is 12.6. The minimum atomic E-state index is 0.283. The number of fused-ring (bicyclic) bond motifs is 5. The molecule has 0 saturated carbocycles.